The van der Waals surface area contributed by atoms with E-state index in [1.54, 1.807) is 13.8 Å². The molecule has 1 N–H and O–H groups in total. The van der Waals surface area contributed by atoms with Crippen molar-refractivity contribution in [3.8, 4) is 0 Å². The van der Waals surface area contributed by atoms with Crippen LogP contribution in [0, 0.1) is 23.7 Å². The third-order valence-corrected chi connectivity index (χ3v) is 4.67. The molecule has 120 valence electrons. The SMILES string of the molecule is CC(C)CC(OC(=O)C1CC2CCC1C2)C(F)(F)C(=O)O. The van der Waals surface area contributed by atoms with E-state index in [1.165, 1.54) is 0 Å². The Hall–Kier alpha value is -1.20. The molecular weight excluding hydrogens is 282 g/mol. The molecule has 2 bridgehead atoms. The van der Waals surface area contributed by atoms with E-state index < -0.39 is 24.0 Å². The first-order valence-electron chi connectivity index (χ1n) is 7.53. The van der Waals surface area contributed by atoms with Gasteiger partial charge in [-0.2, -0.15) is 8.78 Å². The number of ether oxygens (including phenoxy) is 1. The molecule has 0 saturated heterocycles. The van der Waals surface area contributed by atoms with Crippen LogP contribution in [0.1, 0.15) is 46.0 Å². The molecule has 0 spiro atoms. The van der Waals surface area contributed by atoms with Gasteiger partial charge in [-0.15, -0.1) is 0 Å². The summed E-state index contributed by atoms with van der Waals surface area (Å²) >= 11 is 0. The lowest BCUT2D eigenvalue weighted by Gasteiger charge is -2.28. The Morgan fingerprint density at radius 2 is 1.95 bits per heavy atom. The smallest absolute Gasteiger partial charge is 0.378 e. The molecule has 0 radical (unpaired) electrons. The van der Waals surface area contributed by atoms with Crippen LogP contribution in [0.25, 0.3) is 0 Å². The number of halogens is 2. The van der Waals surface area contributed by atoms with Crippen LogP contribution in [0.4, 0.5) is 8.78 Å². The highest BCUT2D eigenvalue weighted by Gasteiger charge is 2.52. The third-order valence-electron chi connectivity index (χ3n) is 4.67. The van der Waals surface area contributed by atoms with Crippen molar-refractivity contribution in [2.24, 2.45) is 23.7 Å². The molecule has 21 heavy (non-hydrogen) atoms. The molecule has 0 heterocycles. The lowest BCUT2D eigenvalue weighted by molar-refractivity contribution is -0.198. The molecule has 6 heteroatoms. The average Bonchev–Trinajstić information content (AvgIpc) is 2.99. The molecule has 4 nitrogen and oxygen atoms in total. The van der Waals surface area contributed by atoms with Gasteiger partial charge in [0.2, 0.25) is 0 Å². The van der Waals surface area contributed by atoms with Crippen LogP contribution >= 0.6 is 0 Å². The molecule has 0 aromatic carbocycles. The summed E-state index contributed by atoms with van der Waals surface area (Å²) < 4.78 is 32.4. The highest BCUT2D eigenvalue weighted by molar-refractivity contribution is 5.78. The van der Waals surface area contributed by atoms with Gasteiger partial charge in [-0.25, -0.2) is 4.79 Å². The first-order valence-corrected chi connectivity index (χ1v) is 7.53. The molecule has 2 fully saturated rings. The number of aliphatic carboxylic acids is 1. The van der Waals surface area contributed by atoms with Crippen molar-refractivity contribution in [2.45, 2.75) is 58.0 Å². The lowest BCUT2D eigenvalue weighted by Crippen LogP contribution is -2.46. The maximum Gasteiger partial charge on any atom is 0.378 e. The second kappa shape index (κ2) is 5.89. The number of fused-ring (bicyclic) bond motifs is 2. The van der Waals surface area contributed by atoms with Gasteiger partial charge in [0.05, 0.1) is 5.92 Å². The van der Waals surface area contributed by atoms with Crippen LogP contribution < -0.4 is 0 Å². The molecule has 0 aromatic heterocycles. The second-order valence-corrected chi connectivity index (χ2v) is 6.76. The predicted molar refractivity (Wildman–Crippen MR) is 70.9 cm³/mol. The summed E-state index contributed by atoms with van der Waals surface area (Å²) in [5.41, 5.74) is 0. The molecular formula is C15H22F2O4. The van der Waals surface area contributed by atoms with Crippen LogP contribution in [0.2, 0.25) is 0 Å². The zero-order chi connectivity index (χ0) is 15.8. The normalized spacial score (nSPS) is 29.7. The van der Waals surface area contributed by atoms with Gasteiger partial charge in [-0.05, 0) is 43.4 Å². The number of hydrogen-bond donors (Lipinski definition) is 1. The van der Waals surface area contributed by atoms with E-state index in [1.807, 2.05) is 0 Å². The van der Waals surface area contributed by atoms with Gasteiger partial charge >= 0.3 is 17.9 Å². The number of alkyl halides is 2. The molecule has 0 amide bonds. The number of carbonyl (C=O) groups is 2. The van der Waals surface area contributed by atoms with Crippen LogP contribution in [0.3, 0.4) is 0 Å². The fraction of sp³-hybridized carbons (Fsp3) is 0.867. The number of carboxylic acids is 1. The van der Waals surface area contributed by atoms with Crippen molar-refractivity contribution in [1.29, 1.82) is 0 Å². The van der Waals surface area contributed by atoms with E-state index in [0.29, 0.717) is 12.3 Å². The molecule has 0 aliphatic heterocycles. The van der Waals surface area contributed by atoms with Crippen LogP contribution in [-0.4, -0.2) is 29.1 Å². The van der Waals surface area contributed by atoms with E-state index in [-0.39, 0.29) is 24.2 Å². The van der Waals surface area contributed by atoms with Crippen molar-refractivity contribution in [3.05, 3.63) is 0 Å². The van der Waals surface area contributed by atoms with Crippen molar-refractivity contribution >= 4 is 11.9 Å². The van der Waals surface area contributed by atoms with Crippen molar-refractivity contribution in [1.82, 2.24) is 0 Å². The standard InChI is InChI=1S/C15H22F2O4/c1-8(2)5-12(15(16,17)14(19)20)21-13(18)11-7-9-3-4-10(11)6-9/h8-12H,3-7H2,1-2H3,(H,19,20). The Kier molecular flexibility index (Phi) is 4.54. The summed E-state index contributed by atoms with van der Waals surface area (Å²) in [6.45, 7) is 3.38. The van der Waals surface area contributed by atoms with Gasteiger partial charge in [-0.3, -0.25) is 4.79 Å². The predicted octanol–water partition coefficient (Wildman–Crippen LogP) is 3.10. The van der Waals surface area contributed by atoms with Gasteiger partial charge in [0, 0.05) is 0 Å². The summed E-state index contributed by atoms with van der Waals surface area (Å²) in [5, 5.41) is 8.67. The van der Waals surface area contributed by atoms with Gasteiger partial charge in [0.25, 0.3) is 0 Å². The minimum absolute atomic E-state index is 0.161. The van der Waals surface area contributed by atoms with Gasteiger partial charge < -0.3 is 9.84 Å². The van der Waals surface area contributed by atoms with Crippen LogP contribution in [0.5, 0.6) is 0 Å². The molecule has 2 saturated carbocycles. The first kappa shape index (κ1) is 16.2. The van der Waals surface area contributed by atoms with E-state index >= 15 is 0 Å². The van der Waals surface area contributed by atoms with Crippen LogP contribution in [-0.2, 0) is 14.3 Å². The highest BCUT2D eigenvalue weighted by Crippen LogP contribution is 2.49. The molecule has 4 unspecified atom stereocenters. The fourth-order valence-electron chi connectivity index (χ4n) is 3.60. The topological polar surface area (TPSA) is 63.6 Å². The number of esters is 1. The maximum absolute atomic E-state index is 13.7. The first-order chi connectivity index (χ1) is 9.71. The Morgan fingerprint density at radius 3 is 2.38 bits per heavy atom. The number of hydrogen-bond acceptors (Lipinski definition) is 3. The minimum Gasteiger partial charge on any atom is -0.477 e. The zero-order valence-electron chi connectivity index (χ0n) is 12.4. The van der Waals surface area contributed by atoms with E-state index in [4.69, 9.17) is 9.84 Å². The molecule has 2 rings (SSSR count). The summed E-state index contributed by atoms with van der Waals surface area (Å²) in [6.07, 6.45) is 1.64. The van der Waals surface area contributed by atoms with Gasteiger partial charge in [-0.1, -0.05) is 20.3 Å². The van der Waals surface area contributed by atoms with Gasteiger partial charge in [0.15, 0.2) is 6.10 Å². The summed E-state index contributed by atoms with van der Waals surface area (Å²) in [4.78, 5) is 22.9. The minimum atomic E-state index is -4.04. The van der Waals surface area contributed by atoms with Crippen molar-refractivity contribution in [2.75, 3.05) is 0 Å². The Morgan fingerprint density at radius 1 is 1.29 bits per heavy atom. The summed E-state index contributed by atoms with van der Waals surface area (Å²) in [6, 6.07) is 0. The Bertz CT molecular complexity index is 422. The number of carboxylic acid groups (broad SMARTS) is 1. The molecule has 2 aliphatic rings. The van der Waals surface area contributed by atoms with E-state index in [0.717, 1.165) is 19.3 Å². The number of rotatable bonds is 6. The van der Waals surface area contributed by atoms with Gasteiger partial charge in [0.1, 0.15) is 0 Å². The highest BCUT2D eigenvalue weighted by atomic mass is 19.3. The van der Waals surface area contributed by atoms with Crippen molar-refractivity contribution < 1.29 is 28.2 Å². The summed E-state index contributed by atoms with van der Waals surface area (Å²) in [5.74, 6) is -6.73. The van der Waals surface area contributed by atoms with E-state index in [2.05, 4.69) is 0 Å². The largest absolute Gasteiger partial charge is 0.477 e. The molecule has 4 atom stereocenters. The molecule has 2 aliphatic carbocycles. The van der Waals surface area contributed by atoms with E-state index in [9.17, 15) is 18.4 Å². The second-order valence-electron chi connectivity index (χ2n) is 6.76. The Balaban J connectivity index is 2.04. The fourth-order valence-corrected chi connectivity index (χ4v) is 3.60. The maximum atomic E-state index is 13.7. The molecule has 0 aromatic rings. The summed E-state index contributed by atoms with van der Waals surface area (Å²) in [7, 11) is 0. The van der Waals surface area contributed by atoms with Crippen molar-refractivity contribution in [3.63, 3.8) is 0 Å². The third kappa shape index (κ3) is 3.35. The van der Waals surface area contributed by atoms with Crippen LogP contribution in [0.15, 0.2) is 0 Å². The quantitative estimate of drug-likeness (QED) is 0.766. The lowest BCUT2D eigenvalue weighted by atomic mass is 9.89. The zero-order valence-corrected chi connectivity index (χ0v) is 12.4. The monoisotopic (exact) mass is 304 g/mol. The average molecular weight is 304 g/mol. The Labute approximate surface area is 122 Å². The number of carbonyl (C=O) groups excluding carboxylic acids is 1.